The molecule has 34 heavy (non-hydrogen) atoms. The number of amides is 3. The van der Waals surface area contributed by atoms with Gasteiger partial charge in [0.25, 0.3) is 5.91 Å². The topological polar surface area (TPSA) is 104 Å². The number of benzene rings is 2. The van der Waals surface area contributed by atoms with E-state index in [0.29, 0.717) is 24.5 Å². The number of nitrogens with zero attached hydrogens (tertiary/aromatic N) is 2. The first-order valence-electron chi connectivity index (χ1n) is 11.3. The van der Waals surface area contributed by atoms with Gasteiger partial charge in [-0.25, -0.2) is 9.69 Å². The van der Waals surface area contributed by atoms with Gasteiger partial charge >= 0.3 is 5.97 Å². The van der Waals surface area contributed by atoms with Crippen molar-refractivity contribution in [3.63, 3.8) is 0 Å². The van der Waals surface area contributed by atoms with Crippen LogP contribution in [0.15, 0.2) is 66.7 Å². The number of ether oxygens (including phenoxy) is 1. The van der Waals surface area contributed by atoms with Gasteiger partial charge in [-0.1, -0.05) is 43.7 Å². The molecule has 2 aromatic carbocycles. The number of anilines is 1. The van der Waals surface area contributed by atoms with E-state index in [-0.39, 0.29) is 13.0 Å². The van der Waals surface area contributed by atoms with Crippen LogP contribution >= 0.6 is 0 Å². The molecule has 178 valence electrons. The van der Waals surface area contributed by atoms with Gasteiger partial charge in [0.1, 0.15) is 11.8 Å². The zero-order valence-electron chi connectivity index (χ0n) is 19.1. The summed E-state index contributed by atoms with van der Waals surface area (Å²) >= 11 is 0. The summed E-state index contributed by atoms with van der Waals surface area (Å²) in [5.41, 5.74) is 1.35. The van der Waals surface area contributed by atoms with E-state index in [4.69, 9.17) is 9.84 Å². The fourth-order valence-corrected chi connectivity index (χ4v) is 3.71. The lowest BCUT2D eigenvalue weighted by Gasteiger charge is -2.26. The Kier molecular flexibility index (Phi) is 8.56. The lowest BCUT2D eigenvalue weighted by molar-refractivity contribution is -0.135. The second-order valence-electron chi connectivity index (χ2n) is 7.92. The average molecular weight is 465 g/mol. The number of carboxylic acids is 1. The summed E-state index contributed by atoms with van der Waals surface area (Å²) in [4.78, 5) is 52.1. The molecule has 1 fully saturated rings. The van der Waals surface area contributed by atoms with Crippen molar-refractivity contribution in [2.75, 3.05) is 18.1 Å². The number of unbranched alkanes of at least 4 members (excludes halogenated alkanes) is 1. The third-order valence-electron chi connectivity index (χ3n) is 5.50. The van der Waals surface area contributed by atoms with E-state index in [0.717, 1.165) is 35.5 Å². The molecule has 0 spiro atoms. The first-order valence-corrected chi connectivity index (χ1v) is 11.3. The van der Waals surface area contributed by atoms with Gasteiger partial charge in [-0.2, -0.15) is 0 Å². The standard InChI is InChI=1S/C26H28N2O6/c1-2-3-17-34-21-11-9-20(10-12-21)28-24(30)18-22(26(28)33)27(23(29)13-14-25(31)32)16-15-19-7-5-4-6-8-19/h4-14,22H,2-3,15-18H2,1H3,(H,31,32)/b14-13-/t22-/m1/s1. The molecular weight excluding hydrogens is 436 g/mol. The van der Waals surface area contributed by atoms with Crippen LogP contribution in [0.3, 0.4) is 0 Å². The van der Waals surface area contributed by atoms with Crippen molar-refractivity contribution in [1.82, 2.24) is 4.90 Å². The Bertz CT molecular complexity index is 1050. The Morgan fingerprint density at radius 1 is 1.09 bits per heavy atom. The van der Waals surface area contributed by atoms with Crippen LogP contribution in [0.1, 0.15) is 31.7 Å². The predicted molar refractivity (Wildman–Crippen MR) is 126 cm³/mol. The van der Waals surface area contributed by atoms with E-state index in [1.807, 2.05) is 30.3 Å². The molecule has 3 amide bonds. The normalized spacial score (nSPS) is 15.7. The van der Waals surface area contributed by atoms with Crippen molar-refractivity contribution in [3.8, 4) is 5.75 Å². The third-order valence-corrected chi connectivity index (χ3v) is 5.50. The molecule has 0 aromatic heterocycles. The summed E-state index contributed by atoms with van der Waals surface area (Å²) in [6, 6.07) is 15.1. The summed E-state index contributed by atoms with van der Waals surface area (Å²) in [6.07, 6.45) is 3.86. The number of aliphatic carboxylic acids is 1. The maximum atomic E-state index is 13.2. The number of imide groups is 1. The molecule has 0 bridgehead atoms. The summed E-state index contributed by atoms with van der Waals surface area (Å²) in [5, 5.41) is 8.90. The van der Waals surface area contributed by atoms with Crippen molar-refractivity contribution in [3.05, 3.63) is 72.3 Å². The fraction of sp³-hybridized carbons (Fsp3) is 0.308. The zero-order valence-corrected chi connectivity index (χ0v) is 19.1. The van der Waals surface area contributed by atoms with Crippen molar-refractivity contribution >= 4 is 29.4 Å². The lowest BCUT2D eigenvalue weighted by atomic mass is 10.1. The van der Waals surface area contributed by atoms with Crippen LogP contribution in [-0.4, -0.2) is 52.9 Å². The highest BCUT2D eigenvalue weighted by Crippen LogP contribution is 2.28. The molecular formula is C26H28N2O6. The number of carbonyl (C=O) groups excluding carboxylic acids is 3. The molecule has 1 N–H and O–H groups in total. The van der Waals surface area contributed by atoms with Crippen LogP contribution in [0.2, 0.25) is 0 Å². The summed E-state index contributed by atoms with van der Waals surface area (Å²) in [6.45, 7) is 2.81. The van der Waals surface area contributed by atoms with Gasteiger partial charge < -0.3 is 14.7 Å². The molecule has 8 nitrogen and oxygen atoms in total. The van der Waals surface area contributed by atoms with Crippen molar-refractivity contribution < 1.29 is 29.0 Å². The quantitative estimate of drug-likeness (QED) is 0.311. The predicted octanol–water partition coefficient (Wildman–Crippen LogP) is 3.21. The van der Waals surface area contributed by atoms with Gasteiger partial charge in [-0.3, -0.25) is 14.4 Å². The molecule has 2 aromatic rings. The second kappa shape index (κ2) is 11.8. The maximum Gasteiger partial charge on any atom is 0.328 e. The smallest absolute Gasteiger partial charge is 0.328 e. The molecule has 1 heterocycles. The Hall–Kier alpha value is -3.94. The highest BCUT2D eigenvalue weighted by atomic mass is 16.5. The van der Waals surface area contributed by atoms with Gasteiger partial charge in [0.05, 0.1) is 18.7 Å². The summed E-state index contributed by atoms with van der Waals surface area (Å²) < 4.78 is 5.63. The van der Waals surface area contributed by atoms with Gasteiger partial charge in [0.15, 0.2) is 0 Å². The van der Waals surface area contributed by atoms with E-state index in [2.05, 4.69) is 6.92 Å². The maximum absolute atomic E-state index is 13.2. The lowest BCUT2D eigenvalue weighted by Crippen LogP contribution is -2.45. The van der Waals surface area contributed by atoms with Crippen LogP contribution < -0.4 is 9.64 Å². The van der Waals surface area contributed by atoms with E-state index in [9.17, 15) is 19.2 Å². The monoisotopic (exact) mass is 464 g/mol. The van der Waals surface area contributed by atoms with Gasteiger partial charge in [0, 0.05) is 18.7 Å². The molecule has 0 saturated carbocycles. The van der Waals surface area contributed by atoms with Crippen LogP contribution in [0.4, 0.5) is 5.69 Å². The molecule has 0 radical (unpaired) electrons. The fourth-order valence-electron chi connectivity index (χ4n) is 3.71. The van der Waals surface area contributed by atoms with Crippen molar-refractivity contribution in [2.24, 2.45) is 0 Å². The Morgan fingerprint density at radius 3 is 2.44 bits per heavy atom. The Balaban J connectivity index is 1.78. The van der Waals surface area contributed by atoms with Crippen LogP contribution in [0.25, 0.3) is 0 Å². The number of hydrogen-bond donors (Lipinski definition) is 1. The van der Waals surface area contributed by atoms with E-state index < -0.39 is 29.7 Å². The molecule has 1 aliphatic rings. The highest BCUT2D eigenvalue weighted by Gasteiger charge is 2.43. The molecule has 0 aliphatic carbocycles. The molecule has 1 saturated heterocycles. The minimum Gasteiger partial charge on any atom is -0.494 e. The molecule has 1 aliphatic heterocycles. The zero-order chi connectivity index (χ0) is 24.5. The molecule has 8 heteroatoms. The van der Waals surface area contributed by atoms with Crippen LogP contribution in [-0.2, 0) is 25.6 Å². The summed E-state index contributed by atoms with van der Waals surface area (Å²) in [5.74, 6) is -2.20. The van der Waals surface area contributed by atoms with Crippen molar-refractivity contribution in [1.29, 1.82) is 0 Å². The van der Waals surface area contributed by atoms with E-state index in [1.165, 1.54) is 4.90 Å². The average Bonchev–Trinajstić information content (AvgIpc) is 3.12. The highest BCUT2D eigenvalue weighted by molar-refractivity contribution is 6.23. The van der Waals surface area contributed by atoms with E-state index >= 15 is 0 Å². The van der Waals surface area contributed by atoms with Crippen LogP contribution in [0, 0.1) is 0 Å². The number of hydrogen-bond acceptors (Lipinski definition) is 5. The Labute approximate surface area is 198 Å². The Morgan fingerprint density at radius 2 is 1.79 bits per heavy atom. The van der Waals surface area contributed by atoms with E-state index in [1.54, 1.807) is 24.3 Å². The number of rotatable bonds is 11. The SMILES string of the molecule is CCCCOc1ccc(N2C(=O)C[C@@H](N(CCc3ccccc3)C(=O)/C=C\C(=O)O)C2=O)cc1. The molecule has 3 rings (SSSR count). The summed E-state index contributed by atoms with van der Waals surface area (Å²) in [7, 11) is 0. The van der Waals surface area contributed by atoms with Gasteiger partial charge in [-0.15, -0.1) is 0 Å². The first kappa shape index (κ1) is 24.7. The number of carboxylic acid groups (broad SMARTS) is 1. The second-order valence-corrected chi connectivity index (χ2v) is 7.92. The minimum absolute atomic E-state index is 0.161. The van der Waals surface area contributed by atoms with Crippen molar-refractivity contribution in [2.45, 2.75) is 38.6 Å². The first-order chi connectivity index (χ1) is 16.4. The van der Waals surface area contributed by atoms with Crippen LogP contribution in [0.5, 0.6) is 5.75 Å². The van der Waals surface area contributed by atoms with Gasteiger partial charge in [0.2, 0.25) is 11.8 Å². The minimum atomic E-state index is -1.27. The molecule has 0 unspecified atom stereocenters. The van der Waals surface area contributed by atoms with Gasteiger partial charge in [-0.05, 0) is 42.7 Å². The largest absolute Gasteiger partial charge is 0.494 e. The third kappa shape index (κ3) is 6.31. The molecule has 1 atom stereocenters. The number of carbonyl (C=O) groups is 4.